The van der Waals surface area contributed by atoms with Gasteiger partial charge in [0.2, 0.25) is 5.95 Å². The molecule has 1 fully saturated rings. The van der Waals surface area contributed by atoms with Gasteiger partial charge in [0, 0.05) is 13.8 Å². The Kier molecular flexibility index (Phi) is 4.89. The van der Waals surface area contributed by atoms with Crippen LogP contribution in [0.3, 0.4) is 0 Å². The molecule has 26 heavy (non-hydrogen) atoms. The van der Waals surface area contributed by atoms with Crippen LogP contribution in [-0.4, -0.2) is 56.5 Å². The number of aromatic nitrogens is 3. The Balaban J connectivity index is 2.11. The number of carbonyl (C=O) groups is 2. The van der Waals surface area contributed by atoms with Crippen molar-refractivity contribution in [1.82, 2.24) is 14.5 Å². The molecule has 0 amide bonds. The average Bonchev–Trinajstić information content (AvgIpc) is 3.03. The second-order valence-corrected chi connectivity index (χ2v) is 6.54. The van der Waals surface area contributed by atoms with Crippen molar-refractivity contribution in [2.75, 3.05) is 12.3 Å². The number of nitrogen functional groups attached to an aromatic ring is 1. The van der Waals surface area contributed by atoms with Gasteiger partial charge in [-0.15, -0.1) is 0 Å². The third kappa shape index (κ3) is 3.25. The third-order valence-electron chi connectivity index (χ3n) is 3.70. The number of ether oxygens (including phenoxy) is 3. The van der Waals surface area contributed by atoms with E-state index >= 15 is 0 Å². The van der Waals surface area contributed by atoms with Gasteiger partial charge < -0.3 is 25.1 Å². The van der Waals surface area contributed by atoms with Crippen molar-refractivity contribution < 1.29 is 28.9 Å². The predicted octanol–water partition coefficient (Wildman–Crippen LogP) is -0.812. The lowest BCUT2D eigenvalue weighted by molar-refractivity contribution is -0.165. The molecule has 2 aromatic rings. The summed E-state index contributed by atoms with van der Waals surface area (Å²) < 4.78 is 17.7. The highest BCUT2D eigenvalue weighted by Crippen LogP contribution is 2.35. The van der Waals surface area contributed by atoms with E-state index in [-0.39, 0.29) is 11.6 Å². The van der Waals surface area contributed by atoms with Gasteiger partial charge >= 0.3 is 16.8 Å². The lowest BCUT2D eigenvalue weighted by Crippen LogP contribution is -2.40. The van der Waals surface area contributed by atoms with Crippen LogP contribution in [0.5, 0.6) is 0 Å². The molecule has 3 rings (SSSR count). The summed E-state index contributed by atoms with van der Waals surface area (Å²) in [6, 6.07) is 0. The fourth-order valence-corrected chi connectivity index (χ4v) is 3.61. The first-order chi connectivity index (χ1) is 12.3. The smallest absolute Gasteiger partial charge is 0.311 e. The minimum Gasteiger partial charge on any atom is -0.456 e. The van der Waals surface area contributed by atoms with Gasteiger partial charge in [0.25, 0.3) is 0 Å². The van der Waals surface area contributed by atoms with Crippen molar-refractivity contribution in [2.24, 2.45) is 0 Å². The molecule has 0 spiro atoms. The highest BCUT2D eigenvalue weighted by molar-refractivity contribution is 7.16. The van der Waals surface area contributed by atoms with Gasteiger partial charge in [-0.25, -0.2) is 4.98 Å². The normalized spacial score (nSPS) is 25.3. The summed E-state index contributed by atoms with van der Waals surface area (Å²) in [6.07, 6.45) is -3.00. The van der Waals surface area contributed by atoms with E-state index in [4.69, 9.17) is 19.9 Å². The zero-order chi connectivity index (χ0) is 19.0. The van der Waals surface area contributed by atoms with Gasteiger partial charge in [0.05, 0.1) is 17.5 Å². The van der Waals surface area contributed by atoms with Crippen LogP contribution in [0.1, 0.15) is 20.1 Å². The van der Waals surface area contributed by atoms with Crippen molar-refractivity contribution in [1.29, 1.82) is 0 Å². The number of nitrogens with two attached hydrogens (primary N) is 1. The largest absolute Gasteiger partial charge is 0.456 e. The SMILES string of the molecule is CC(=O)O[C@@H]1[C@@H](CO)OC(n2c(=O)sc3cnc(N)nc32)[C@@H]1OC(C)=O. The van der Waals surface area contributed by atoms with E-state index in [9.17, 15) is 19.5 Å². The number of fused-ring (bicyclic) bond motifs is 1. The highest BCUT2D eigenvalue weighted by atomic mass is 32.1. The Labute approximate surface area is 150 Å². The van der Waals surface area contributed by atoms with Gasteiger partial charge in [0.15, 0.2) is 24.1 Å². The molecule has 3 N–H and O–H groups in total. The van der Waals surface area contributed by atoms with Crippen LogP contribution >= 0.6 is 11.3 Å². The first kappa shape index (κ1) is 18.2. The molecule has 11 nitrogen and oxygen atoms in total. The summed E-state index contributed by atoms with van der Waals surface area (Å²) >= 11 is 0.855. The summed E-state index contributed by atoms with van der Waals surface area (Å²) in [6.45, 7) is 1.83. The molecular formula is C14H16N4O7S. The summed E-state index contributed by atoms with van der Waals surface area (Å²) in [4.78, 5) is 42.8. The number of anilines is 1. The number of aliphatic hydroxyl groups excluding tert-OH is 1. The fourth-order valence-electron chi connectivity index (χ4n) is 2.79. The monoisotopic (exact) mass is 384 g/mol. The number of nitrogens with zero attached hydrogens (tertiary/aromatic N) is 3. The second kappa shape index (κ2) is 6.97. The van der Waals surface area contributed by atoms with Crippen LogP contribution in [0.15, 0.2) is 11.0 Å². The minimum atomic E-state index is -1.16. The first-order valence-electron chi connectivity index (χ1n) is 7.56. The quantitative estimate of drug-likeness (QED) is 0.639. The molecule has 1 saturated heterocycles. The van der Waals surface area contributed by atoms with Crippen LogP contribution in [-0.2, 0) is 23.8 Å². The molecule has 1 unspecified atom stereocenters. The van der Waals surface area contributed by atoms with Crippen LogP contribution in [0, 0.1) is 0 Å². The topological polar surface area (TPSA) is 156 Å². The fraction of sp³-hybridized carbons (Fsp3) is 0.500. The summed E-state index contributed by atoms with van der Waals surface area (Å²) in [5.41, 5.74) is 5.78. The zero-order valence-electron chi connectivity index (χ0n) is 13.8. The lowest BCUT2D eigenvalue weighted by atomic mass is 10.1. The van der Waals surface area contributed by atoms with Crippen LogP contribution in [0.2, 0.25) is 0 Å². The molecule has 0 bridgehead atoms. The van der Waals surface area contributed by atoms with E-state index in [0.29, 0.717) is 4.70 Å². The Hall–Kier alpha value is -2.57. The molecule has 12 heteroatoms. The van der Waals surface area contributed by atoms with E-state index in [2.05, 4.69) is 9.97 Å². The maximum atomic E-state index is 12.5. The number of carbonyl (C=O) groups excluding carboxylic acids is 2. The van der Waals surface area contributed by atoms with Gasteiger partial charge in [-0.2, -0.15) is 4.98 Å². The van der Waals surface area contributed by atoms with Crippen LogP contribution in [0.25, 0.3) is 10.3 Å². The second-order valence-electron chi connectivity index (χ2n) is 5.55. The highest BCUT2D eigenvalue weighted by Gasteiger charge is 2.50. The molecule has 4 atom stereocenters. The number of aliphatic hydroxyl groups is 1. The molecule has 1 aliphatic rings. The molecule has 0 radical (unpaired) electrons. The van der Waals surface area contributed by atoms with Crippen LogP contribution < -0.4 is 10.6 Å². The Morgan fingerprint density at radius 2 is 2.00 bits per heavy atom. The molecule has 3 heterocycles. The van der Waals surface area contributed by atoms with E-state index in [1.54, 1.807) is 0 Å². The predicted molar refractivity (Wildman–Crippen MR) is 88.2 cm³/mol. The molecule has 0 aromatic carbocycles. The third-order valence-corrected chi connectivity index (χ3v) is 4.58. The van der Waals surface area contributed by atoms with E-state index in [0.717, 1.165) is 15.9 Å². The summed E-state index contributed by atoms with van der Waals surface area (Å²) in [7, 11) is 0. The number of thiazole rings is 1. The molecule has 0 saturated carbocycles. The van der Waals surface area contributed by atoms with E-state index in [1.165, 1.54) is 20.0 Å². The maximum absolute atomic E-state index is 12.5. The Morgan fingerprint density at radius 3 is 2.62 bits per heavy atom. The van der Waals surface area contributed by atoms with Crippen LogP contribution in [0.4, 0.5) is 5.95 Å². The molecule has 2 aromatic heterocycles. The summed E-state index contributed by atoms with van der Waals surface area (Å²) in [5, 5.41) is 9.56. The number of esters is 2. The number of hydrogen-bond donors (Lipinski definition) is 2. The average molecular weight is 384 g/mol. The molecular weight excluding hydrogens is 368 g/mol. The van der Waals surface area contributed by atoms with Crippen molar-refractivity contribution in [2.45, 2.75) is 38.4 Å². The number of rotatable bonds is 4. The molecule has 140 valence electrons. The summed E-state index contributed by atoms with van der Waals surface area (Å²) in [5.74, 6) is -1.37. The Bertz CT molecular complexity index is 910. The Morgan fingerprint density at radius 1 is 1.35 bits per heavy atom. The van der Waals surface area contributed by atoms with Crippen molar-refractivity contribution in [3.63, 3.8) is 0 Å². The van der Waals surface area contributed by atoms with Gasteiger partial charge in [-0.3, -0.25) is 19.0 Å². The number of hydrogen-bond acceptors (Lipinski definition) is 11. The van der Waals surface area contributed by atoms with Gasteiger partial charge in [0.1, 0.15) is 6.10 Å². The van der Waals surface area contributed by atoms with Gasteiger partial charge in [-0.05, 0) is 0 Å². The molecule has 0 aliphatic carbocycles. The standard InChI is InChI=1S/C14H16N4O7S/c1-5(20)23-9-7(4-19)25-12(10(9)24-6(2)21)18-11-8(26-14(18)22)3-16-13(15)17-11/h3,7,9-10,12,19H,4H2,1-2H3,(H2,15,16,17)/t7-,9-,10-,12?/m1/s1. The minimum absolute atomic E-state index is 0.0543. The van der Waals surface area contributed by atoms with E-state index < -0.39 is 48.0 Å². The molecule has 1 aliphatic heterocycles. The van der Waals surface area contributed by atoms with Crippen molar-refractivity contribution in [3.05, 3.63) is 15.9 Å². The maximum Gasteiger partial charge on any atom is 0.311 e. The van der Waals surface area contributed by atoms with Crippen molar-refractivity contribution in [3.8, 4) is 0 Å². The zero-order valence-corrected chi connectivity index (χ0v) is 14.6. The van der Waals surface area contributed by atoms with Crippen molar-refractivity contribution >= 4 is 39.6 Å². The van der Waals surface area contributed by atoms with E-state index in [1.807, 2.05) is 0 Å². The van der Waals surface area contributed by atoms with Gasteiger partial charge in [-0.1, -0.05) is 11.3 Å². The lowest BCUT2D eigenvalue weighted by Gasteiger charge is -2.23. The first-order valence-corrected chi connectivity index (χ1v) is 8.37.